The van der Waals surface area contributed by atoms with Crippen LogP contribution in [0.5, 0.6) is 11.5 Å². The Hall–Kier alpha value is -4.10. The first kappa shape index (κ1) is 24.0. The minimum Gasteiger partial charge on any atom is -0.497 e. The highest BCUT2D eigenvalue weighted by molar-refractivity contribution is 6.39. The van der Waals surface area contributed by atoms with E-state index < -0.39 is 17.8 Å². The van der Waals surface area contributed by atoms with Crippen LogP contribution in [0, 0.1) is 13.8 Å². The van der Waals surface area contributed by atoms with Crippen LogP contribution in [-0.4, -0.2) is 25.0 Å². The lowest BCUT2D eigenvalue weighted by Crippen LogP contribution is -2.54. The number of nitrogens with one attached hydrogen (secondary N) is 1. The summed E-state index contributed by atoms with van der Waals surface area (Å²) in [6.45, 7) is 4.30. The van der Waals surface area contributed by atoms with Crippen molar-refractivity contribution in [1.29, 1.82) is 0 Å². The highest BCUT2D eigenvalue weighted by atomic mass is 35.5. The fourth-order valence-electron chi connectivity index (χ4n) is 3.84. The van der Waals surface area contributed by atoms with Gasteiger partial charge in [-0.05, 0) is 61.9 Å². The maximum Gasteiger partial charge on any atom is 0.335 e. The summed E-state index contributed by atoms with van der Waals surface area (Å²) in [5, 5.41) is 2.67. The number of aryl methyl sites for hydroxylation is 2. The Labute approximate surface area is 207 Å². The zero-order valence-electron chi connectivity index (χ0n) is 19.4. The number of amides is 4. The Kier molecular flexibility index (Phi) is 6.89. The molecular weight excluding hydrogens is 468 g/mol. The Morgan fingerprint density at radius 1 is 0.943 bits per heavy atom. The van der Waals surface area contributed by atoms with Crippen molar-refractivity contribution in [1.82, 2.24) is 5.32 Å². The summed E-state index contributed by atoms with van der Waals surface area (Å²) in [4.78, 5) is 39.1. The second kappa shape index (κ2) is 10.0. The average molecular weight is 491 g/mol. The van der Waals surface area contributed by atoms with E-state index in [1.807, 2.05) is 26.0 Å². The zero-order valence-corrected chi connectivity index (χ0v) is 20.2. The van der Waals surface area contributed by atoms with Crippen LogP contribution in [0.1, 0.15) is 22.3 Å². The molecule has 7 nitrogen and oxygen atoms in total. The molecule has 1 fully saturated rings. The van der Waals surface area contributed by atoms with Gasteiger partial charge in [-0.1, -0.05) is 40.9 Å². The van der Waals surface area contributed by atoms with Crippen LogP contribution in [0.25, 0.3) is 6.08 Å². The smallest absolute Gasteiger partial charge is 0.335 e. The summed E-state index contributed by atoms with van der Waals surface area (Å²) < 4.78 is 11.4. The lowest BCUT2D eigenvalue weighted by molar-refractivity contribution is -0.122. The van der Waals surface area contributed by atoms with Crippen LogP contribution in [-0.2, 0) is 16.2 Å². The van der Waals surface area contributed by atoms with E-state index in [0.29, 0.717) is 22.1 Å². The van der Waals surface area contributed by atoms with E-state index in [9.17, 15) is 14.4 Å². The Balaban J connectivity index is 1.68. The third kappa shape index (κ3) is 5.36. The van der Waals surface area contributed by atoms with Gasteiger partial charge in [0.1, 0.15) is 23.7 Å². The van der Waals surface area contributed by atoms with Crippen LogP contribution >= 0.6 is 11.6 Å². The highest BCUT2D eigenvalue weighted by Crippen LogP contribution is 2.30. The molecule has 1 saturated heterocycles. The van der Waals surface area contributed by atoms with Crippen LogP contribution in [0.15, 0.2) is 66.2 Å². The van der Waals surface area contributed by atoms with Gasteiger partial charge >= 0.3 is 6.03 Å². The van der Waals surface area contributed by atoms with Crippen molar-refractivity contribution in [3.05, 3.63) is 93.5 Å². The van der Waals surface area contributed by atoms with Gasteiger partial charge in [0.25, 0.3) is 11.8 Å². The summed E-state index contributed by atoms with van der Waals surface area (Å²) in [5.41, 5.74) is 3.78. The first-order chi connectivity index (χ1) is 16.7. The molecule has 35 heavy (non-hydrogen) atoms. The van der Waals surface area contributed by atoms with Crippen molar-refractivity contribution in [3.8, 4) is 11.5 Å². The molecule has 3 aromatic carbocycles. The normalized spacial score (nSPS) is 14.8. The summed E-state index contributed by atoms with van der Waals surface area (Å²) in [5.74, 6) is -0.565. The molecule has 8 heteroatoms. The van der Waals surface area contributed by atoms with E-state index in [1.54, 1.807) is 30.3 Å². The minimum atomic E-state index is -0.833. The Bertz CT molecular complexity index is 1330. The molecule has 0 radical (unpaired) electrons. The number of carbonyl (C=O) groups is 3. The molecule has 4 amide bonds. The van der Waals surface area contributed by atoms with Crippen molar-refractivity contribution in [2.45, 2.75) is 20.5 Å². The van der Waals surface area contributed by atoms with Gasteiger partial charge in [-0.25, -0.2) is 9.69 Å². The van der Waals surface area contributed by atoms with Crippen molar-refractivity contribution in [3.63, 3.8) is 0 Å². The molecule has 0 atom stereocenters. The van der Waals surface area contributed by atoms with Crippen LogP contribution < -0.4 is 19.7 Å². The van der Waals surface area contributed by atoms with Crippen molar-refractivity contribution in [2.75, 3.05) is 12.0 Å². The molecule has 178 valence electrons. The monoisotopic (exact) mass is 490 g/mol. The Morgan fingerprint density at radius 3 is 2.29 bits per heavy atom. The molecule has 1 heterocycles. The van der Waals surface area contributed by atoms with Gasteiger partial charge in [0.2, 0.25) is 0 Å². The molecule has 0 saturated carbocycles. The van der Waals surface area contributed by atoms with E-state index in [-0.39, 0.29) is 17.9 Å². The lowest BCUT2D eigenvalue weighted by atomic mass is 10.1. The minimum absolute atomic E-state index is 0.207. The summed E-state index contributed by atoms with van der Waals surface area (Å²) in [6, 6.07) is 16.5. The van der Waals surface area contributed by atoms with Crippen LogP contribution in [0.4, 0.5) is 10.5 Å². The predicted octanol–water partition coefficient (Wildman–Crippen LogP) is 5.21. The summed E-state index contributed by atoms with van der Waals surface area (Å²) in [6.07, 6.45) is 1.41. The van der Waals surface area contributed by atoms with Gasteiger partial charge in [0, 0.05) is 16.7 Å². The number of methoxy groups -OCH3 is 1. The second-order valence-electron chi connectivity index (χ2n) is 8.12. The van der Waals surface area contributed by atoms with Gasteiger partial charge < -0.3 is 9.47 Å². The highest BCUT2D eigenvalue weighted by Gasteiger charge is 2.37. The molecule has 0 aliphatic carbocycles. The zero-order chi connectivity index (χ0) is 25.1. The van der Waals surface area contributed by atoms with E-state index in [0.717, 1.165) is 21.6 Å². The number of carbonyl (C=O) groups excluding carboxylic acids is 3. The lowest BCUT2D eigenvalue weighted by Gasteiger charge is -2.26. The number of hydrogen-bond donors (Lipinski definition) is 1. The standard InChI is InChI=1S/C27H23ClN2O5/c1-16-10-17(2)12-18(11-16)15-35-24-14-22(34-3)9-4-19(24)13-23-25(31)29-27(33)30(26(23)32)21-7-5-20(28)6-8-21/h4-14H,15H2,1-3H3,(H,29,31,33)/b23-13+. The molecule has 1 N–H and O–H groups in total. The number of rotatable bonds is 6. The molecule has 0 unspecified atom stereocenters. The number of barbiturate groups is 1. The summed E-state index contributed by atoms with van der Waals surface area (Å²) >= 11 is 5.92. The first-order valence-corrected chi connectivity index (χ1v) is 11.2. The van der Waals surface area contributed by atoms with Crippen LogP contribution in [0.2, 0.25) is 5.02 Å². The Morgan fingerprint density at radius 2 is 1.63 bits per heavy atom. The number of ether oxygens (including phenoxy) is 2. The quantitative estimate of drug-likeness (QED) is 0.378. The largest absolute Gasteiger partial charge is 0.497 e. The van der Waals surface area contributed by atoms with E-state index in [2.05, 4.69) is 11.4 Å². The van der Waals surface area contributed by atoms with E-state index in [4.69, 9.17) is 21.1 Å². The predicted molar refractivity (Wildman–Crippen MR) is 134 cm³/mol. The number of halogens is 1. The summed E-state index contributed by atoms with van der Waals surface area (Å²) in [7, 11) is 1.54. The molecule has 4 rings (SSSR count). The number of nitrogens with zero attached hydrogens (tertiary/aromatic N) is 1. The number of urea groups is 1. The van der Waals surface area contributed by atoms with Crippen molar-refractivity contribution >= 4 is 41.2 Å². The average Bonchev–Trinajstić information content (AvgIpc) is 2.81. The van der Waals surface area contributed by atoms with Crippen molar-refractivity contribution in [2.24, 2.45) is 0 Å². The number of benzene rings is 3. The van der Waals surface area contributed by atoms with Crippen molar-refractivity contribution < 1.29 is 23.9 Å². The van der Waals surface area contributed by atoms with Gasteiger partial charge in [-0.3, -0.25) is 14.9 Å². The molecule has 0 aromatic heterocycles. The third-order valence-electron chi connectivity index (χ3n) is 5.38. The first-order valence-electron chi connectivity index (χ1n) is 10.8. The maximum absolute atomic E-state index is 13.2. The van der Waals surface area contributed by atoms with Crippen LogP contribution in [0.3, 0.4) is 0 Å². The van der Waals surface area contributed by atoms with E-state index in [1.165, 1.54) is 25.3 Å². The molecular formula is C27H23ClN2O5. The SMILES string of the molecule is COc1ccc(/C=C2\C(=O)NC(=O)N(c3ccc(Cl)cc3)C2=O)c(OCc2cc(C)cc(C)c2)c1. The maximum atomic E-state index is 13.2. The van der Waals surface area contributed by atoms with E-state index >= 15 is 0 Å². The number of imide groups is 2. The van der Waals surface area contributed by atoms with Gasteiger partial charge in [-0.15, -0.1) is 0 Å². The van der Waals surface area contributed by atoms with Gasteiger partial charge in [0.05, 0.1) is 12.8 Å². The molecule has 1 aliphatic rings. The molecule has 0 spiro atoms. The fraction of sp³-hybridized carbons (Fsp3) is 0.148. The second-order valence-corrected chi connectivity index (χ2v) is 8.56. The van der Waals surface area contributed by atoms with Gasteiger partial charge in [0.15, 0.2) is 0 Å². The number of anilines is 1. The third-order valence-corrected chi connectivity index (χ3v) is 5.63. The van der Waals surface area contributed by atoms with Gasteiger partial charge in [-0.2, -0.15) is 0 Å². The molecule has 1 aliphatic heterocycles. The molecule has 0 bridgehead atoms. The fourth-order valence-corrected chi connectivity index (χ4v) is 3.96. The topological polar surface area (TPSA) is 84.9 Å². The molecule has 3 aromatic rings. The number of hydrogen-bond acceptors (Lipinski definition) is 5.